The number of allylic oxidation sites excluding steroid dienone is 2. The molecule has 31 heavy (non-hydrogen) atoms. The number of benzene rings is 2. The van der Waals surface area contributed by atoms with Gasteiger partial charge in [-0.15, -0.1) is 11.3 Å². The number of carbonyl (C=O) groups is 1. The van der Waals surface area contributed by atoms with Crippen molar-refractivity contribution in [3.8, 4) is 10.4 Å². The summed E-state index contributed by atoms with van der Waals surface area (Å²) in [6.45, 7) is 0. The predicted molar refractivity (Wildman–Crippen MR) is 117 cm³/mol. The molecule has 160 valence electrons. The molecule has 1 aromatic heterocycles. The average molecular weight is 465 g/mol. The van der Waals surface area contributed by atoms with Crippen LogP contribution in [0.4, 0.5) is 18.9 Å². The molecule has 3 N–H and O–H groups in total. The largest absolute Gasteiger partial charge is 0.481 e. The Morgan fingerprint density at radius 1 is 1.10 bits per heavy atom. The van der Waals surface area contributed by atoms with Crippen LogP contribution in [0, 0.1) is 0 Å². The smallest absolute Gasteiger partial charge is 0.430 e. The van der Waals surface area contributed by atoms with Gasteiger partial charge < -0.3 is 10.8 Å². The van der Waals surface area contributed by atoms with Gasteiger partial charge >= 0.3 is 12.1 Å². The van der Waals surface area contributed by atoms with Crippen molar-refractivity contribution in [2.45, 2.75) is 12.6 Å². The summed E-state index contributed by atoms with van der Waals surface area (Å²) in [4.78, 5) is 16.4. The van der Waals surface area contributed by atoms with Crippen molar-refractivity contribution >= 4 is 40.3 Å². The second-order valence-corrected chi connectivity index (χ2v) is 7.97. The van der Waals surface area contributed by atoms with Crippen LogP contribution in [0.25, 0.3) is 10.4 Å². The van der Waals surface area contributed by atoms with Gasteiger partial charge in [0.15, 0.2) is 0 Å². The van der Waals surface area contributed by atoms with Crippen LogP contribution in [-0.2, 0) is 11.2 Å². The van der Waals surface area contributed by atoms with E-state index in [9.17, 15) is 18.0 Å². The number of hydrogen-bond acceptors (Lipinski definition) is 4. The number of thiophene rings is 1. The highest BCUT2D eigenvalue weighted by Gasteiger charge is 2.32. The first-order valence-electron chi connectivity index (χ1n) is 8.92. The van der Waals surface area contributed by atoms with E-state index >= 15 is 0 Å². The highest BCUT2D eigenvalue weighted by atomic mass is 35.5. The van der Waals surface area contributed by atoms with Gasteiger partial charge in [-0.05, 0) is 41.5 Å². The highest BCUT2D eigenvalue weighted by Crippen LogP contribution is 2.32. The van der Waals surface area contributed by atoms with Crippen molar-refractivity contribution in [2.75, 3.05) is 0 Å². The van der Waals surface area contributed by atoms with Gasteiger partial charge in [0.2, 0.25) is 0 Å². The normalized spacial score (nSPS) is 12.8. The summed E-state index contributed by atoms with van der Waals surface area (Å²) in [6, 6.07) is 16.9. The molecule has 9 heteroatoms. The Morgan fingerprint density at radius 3 is 2.39 bits per heavy atom. The third-order valence-corrected chi connectivity index (χ3v) is 5.64. The van der Waals surface area contributed by atoms with E-state index in [4.69, 9.17) is 22.4 Å². The topological polar surface area (TPSA) is 75.7 Å². The fourth-order valence-corrected chi connectivity index (χ4v) is 3.80. The number of alkyl halides is 3. The molecule has 1 heterocycles. The van der Waals surface area contributed by atoms with Crippen LogP contribution in [0.5, 0.6) is 0 Å². The summed E-state index contributed by atoms with van der Waals surface area (Å²) in [7, 11) is 0. The maximum Gasteiger partial charge on any atom is 0.430 e. The summed E-state index contributed by atoms with van der Waals surface area (Å²) in [6.07, 6.45) is -4.00. The first-order chi connectivity index (χ1) is 14.6. The van der Waals surface area contributed by atoms with Crippen LogP contribution in [0.15, 0.2) is 77.4 Å². The molecule has 0 aliphatic carbocycles. The lowest BCUT2D eigenvalue weighted by atomic mass is 10.1. The third-order valence-electron chi connectivity index (χ3n) is 4.17. The van der Waals surface area contributed by atoms with Crippen molar-refractivity contribution in [2.24, 2.45) is 10.7 Å². The minimum Gasteiger partial charge on any atom is -0.481 e. The Labute approximate surface area is 185 Å². The monoisotopic (exact) mass is 464 g/mol. The van der Waals surface area contributed by atoms with Crippen LogP contribution in [0.3, 0.4) is 0 Å². The van der Waals surface area contributed by atoms with E-state index < -0.39 is 17.8 Å². The first kappa shape index (κ1) is 22.6. The maximum absolute atomic E-state index is 13.0. The SMILES string of the molecule is NC(=CC(=Nc1ccccc1Cl)c1ccc(-c2ccc(CC(=O)O)cc2)s1)C(F)(F)F. The lowest BCUT2D eigenvalue weighted by molar-refractivity contribution is -0.136. The fraction of sp³-hybridized carbons (Fsp3) is 0.0909. The van der Waals surface area contributed by atoms with Gasteiger partial charge in [-0.25, -0.2) is 4.99 Å². The Balaban J connectivity index is 2.00. The van der Waals surface area contributed by atoms with E-state index in [0.717, 1.165) is 16.5 Å². The molecule has 0 fully saturated rings. The van der Waals surface area contributed by atoms with Gasteiger partial charge in [-0.2, -0.15) is 13.2 Å². The number of para-hydroxylation sites is 1. The first-order valence-corrected chi connectivity index (χ1v) is 10.1. The Morgan fingerprint density at radius 2 is 1.77 bits per heavy atom. The number of carboxylic acid groups (broad SMARTS) is 1. The molecule has 0 unspecified atom stereocenters. The molecule has 0 aliphatic heterocycles. The van der Waals surface area contributed by atoms with E-state index in [2.05, 4.69) is 4.99 Å². The second-order valence-electron chi connectivity index (χ2n) is 6.48. The van der Waals surface area contributed by atoms with Crippen molar-refractivity contribution in [3.05, 3.63) is 87.9 Å². The quantitative estimate of drug-likeness (QED) is 0.425. The minimum absolute atomic E-state index is 0.0293. The number of hydrogen-bond donors (Lipinski definition) is 2. The molecule has 3 rings (SSSR count). The molecule has 0 amide bonds. The maximum atomic E-state index is 13.0. The van der Waals surface area contributed by atoms with Gasteiger partial charge in [-0.1, -0.05) is 48.0 Å². The van der Waals surface area contributed by atoms with Crippen molar-refractivity contribution in [1.82, 2.24) is 0 Å². The molecule has 0 saturated heterocycles. The lowest BCUT2D eigenvalue weighted by Crippen LogP contribution is -2.20. The molecule has 0 atom stereocenters. The van der Waals surface area contributed by atoms with Crippen molar-refractivity contribution < 1.29 is 23.1 Å². The summed E-state index contributed by atoms with van der Waals surface area (Å²) in [5.41, 5.74) is 5.76. The molecule has 0 radical (unpaired) electrons. The lowest BCUT2D eigenvalue weighted by Gasteiger charge is -2.08. The number of nitrogens with two attached hydrogens (primary N) is 1. The molecule has 4 nitrogen and oxygen atoms in total. The highest BCUT2D eigenvalue weighted by molar-refractivity contribution is 7.17. The van der Waals surface area contributed by atoms with Crippen molar-refractivity contribution in [3.63, 3.8) is 0 Å². The number of aliphatic carboxylic acids is 1. The van der Waals surface area contributed by atoms with Gasteiger partial charge in [0, 0.05) is 4.88 Å². The van der Waals surface area contributed by atoms with Crippen LogP contribution in [0.1, 0.15) is 10.4 Å². The van der Waals surface area contributed by atoms with Crippen LogP contribution >= 0.6 is 22.9 Å². The van der Waals surface area contributed by atoms with Gasteiger partial charge in [0.25, 0.3) is 0 Å². The predicted octanol–water partition coefficient (Wildman–Crippen LogP) is 6.22. The molecule has 0 bridgehead atoms. The molecule has 2 aromatic carbocycles. The van der Waals surface area contributed by atoms with Crippen LogP contribution < -0.4 is 5.73 Å². The Hall–Kier alpha value is -3.10. The number of nitrogens with zero attached hydrogens (tertiary/aromatic N) is 1. The third kappa shape index (κ3) is 5.96. The van der Waals surface area contributed by atoms with E-state index in [0.29, 0.717) is 21.2 Å². The summed E-state index contributed by atoms with van der Waals surface area (Å²) < 4.78 is 39.1. The summed E-state index contributed by atoms with van der Waals surface area (Å²) in [5.74, 6) is -0.930. The molecule has 3 aromatic rings. The molecular formula is C22H16ClF3N2O2S. The standard InChI is InChI=1S/C22H16ClF3N2O2S/c23-15-3-1-2-4-16(15)28-17(12-20(27)22(24,25)26)19-10-9-18(31-19)14-7-5-13(6-8-14)11-21(29)30/h1-10,12H,11,27H2,(H,29,30). The van der Waals surface area contributed by atoms with Crippen molar-refractivity contribution in [1.29, 1.82) is 0 Å². The molecular weight excluding hydrogens is 449 g/mol. The van der Waals surface area contributed by atoms with E-state index in [1.165, 1.54) is 11.3 Å². The summed E-state index contributed by atoms with van der Waals surface area (Å²) >= 11 is 7.35. The number of halogens is 4. The molecule has 0 aliphatic rings. The summed E-state index contributed by atoms with van der Waals surface area (Å²) in [5, 5.41) is 9.17. The fourth-order valence-electron chi connectivity index (χ4n) is 2.65. The molecule has 0 saturated carbocycles. The zero-order chi connectivity index (χ0) is 22.6. The zero-order valence-corrected chi connectivity index (χ0v) is 17.4. The second kappa shape index (κ2) is 9.36. The number of aliphatic imine (C=N–C) groups is 1. The van der Waals surface area contributed by atoms with Crippen LogP contribution in [-0.4, -0.2) is 23.0 Å². The van der Waals surface area contributed by atoms with E-state index in [1.807, 2.05) is 0 Å². The zero-order valence-electron chi connectivity index (χ0n) is 15.9. The van der Waals surface area contributed by atoms with Crippen LogP contribution in [0.2, 0.25) is 5.02 Å². The Bertz CT molecular complexity index is 1150. The average Bonchev–Trinajstić information content (AvgIpc) is 3.18. The number of carboxylic acids is 1. The number of rotatable bonds is 6. The van der Waals surface area contributed by atoms with E-state index in [1.54, 1.807) is 60.7 Å². The Kier molecular flexibility index (Phi) is 6.82. The van der Waals surface area contributed by atoms with Gasteiger partial charge in [0.05, 0.1) is 27.7 Å². The minimum atomic E-state index is -4.69. The van der Waals surface area contributed by atoms with Gasteiger partial charge in [-0.3, -0.25) is 4.79 Å². The van der Waals surface area contributed by atoms with Gasteiger partial charge in [0.1, 0.15) is 5.70 Å². The molecule has 0 spiro atoms. The van der Waals surface area contributed by atoms with E-state index in [-0.39, 0.29) is 12.1 Å².